The van der Waals surface area contributed by atoms with Gasteiger partial charge in [-0.2, -0.15) is 0 Å². The fraction of sp³-hybridized carbons (Fsp3) is 0.781. The predicted molar refractivity (Wildman–Crippen MR) is 149 cm³/mol. The van der Waals surface area contributed by atoms with E-state index in [2.05, 4.69) is 13.0 Å². The van der Waals surface area contributed by atoms with Crippen LogP contribution in [0.3, 0.4) is 0 Å². The summed E-state index contributed by atoms with van der Waals surface area (Å²) < 4.78 is 5.23. The summed E-state index contributed by atoms with van der Waals surface area (Å²) in [4.78, 5) is 39.2. The van der Waals surface area contributed by atoms with Gasteiger partial charge in [-0.1, -0.05) is 46.3 Å². The Morgan fingerprint density at radius 3 is 2.20 bits per heavy atom. The van der Waals surface area contributed by atoms with Gasteiger partial charge in [0.1, 0.15) is 17.0 Å². The zero-order chi connectivity index (χ0) is 30.4. The van der Waals surface area contributed by atoms with Crippen molar-refractivity contribution in [2.24, 2.45) is 39.4 Å². The number of ether oxygens (including phenoxy) is 1. The number of carbonyl (C=O) groups is 3. The number of fused-ring (bicyclic) bond motifs is 5. The van der Waals surface area contributed by atoms with E-state index < -0.39 is 68.8 Å². The van der Waals surface area contributed by atoms with E-state index in [1.54, 1.807) is 13.8 Å². The van der Waals surface area contributed by atoms with Crippen LogP contribution in [-0.2, 0) is 19.1 Å². The van der Waals surface area contributed by atoms with Crippen LogP contribution in [0.4, 0.5) is 0 Å². The maximum Gasteiger partial charge on any atom is 0.303 e. The molecule has 4 aliphatic carbocycles. The molecule has 8 nitrogen and oxygen atoms in total. The third-order valence-electron chi connectivity index (χ3n) is 11.8. The summed E-state index contributed by atoms with van der Waals surface area (Å²) >= 11 is 0. The van der Waals surface area contributed by atoms with Crippen molar-refractivity contribution in [3.8, 4) is 0 Å². The van der Waals surface area contributed by atoms with Gasteiger partial charge in [0.25, 0.3) is 0 Å². The maximum absolute atomic E-state index is 14.3. The van der Waals surface area contributed by atoms with Crippen LogP contribution >= 0.6 is 0 Å². The minimum Gasteiger partial charge on any atom is -0.456 e. The Morgan fingerprint density at radius 2 is 1.62 bits per heavy atom. The molecule has 0 amide bonds. The second-order valence-corrected chi connectivity index (χ2v) is 15.0. The number of esters is 1. The van der Waals surface area contributed by atoms with Crippen LogP contribution in [0.1, 0.15) is 88.0 Å². The van der Waals surface area contributed by atoms with Gasteiger partial charge in [0, 0.05) is 30.1 Å². The standard InChI is InChI=1S/C32H48O8/c1-17(33)40-27(2,3)13-12-23(36)32(9,39)25-21(35)15-29(6)22-11-10-18-19(14-20(34)26(38)28(18,4)5)31(22,8)24(37)16-30(25,29)7/h10,12-13,19-22,25-26,34-35,38-39H,11,14-16H2,1-9H3/b13-12+/t19?,20?,21-,22?,25+,26+,29+,30-,31-,32?/m0/s1. The SMILES string of the molecule is CC(=O)OC(C)(C)/C=C/C(=O)C(C)(O)[C@@H]1[C@@H](O)C[C@]2(C)C3CC=C4C(CC(O)[C@@H](O)C4(C)C)[C@]3(C)C(=O)C[C@@]12C. The quantitative estimate of drug-likeness (QED) is 0.228. The van der Waals surface area contributed by atoms with Crippen LogP contribution in [-0.4, -0.2) is 67.5 Å². The molecular formula is C32H48O8. The number of Topliss-reactive ketones (excluding diaryl/α,β-unsaturated/α-hetero) is 1. The zero-order valence-corrected chi connectivity index (χ0v) is 25.4. The van der Waals surface area contributed by atoms with Crippen molar-refractivity contribution in [3.05, 3.63) is 23.8 Å². The molecule has 0 bridgehead atoms. The molecule has 0 aliphatic heterocycles. The molecule has 0 spiro atoms. The molecule has 0 aromatic rings. The van der Waals surface area contributed by atoms with Crippen LogP contribution in [0.15, 0.2) is 23.8 Å². The van der Waals surface area contributed by atoms with Crippen molar-refractivity contribution < 1.29 is 39.5 Å². The Bertz CT molecular complexity index is 1160. The lowest BCUT2D eigenvalue weighted by Gasteiger charge is -2.65. The van der Waals surface area contributed by atoms with E-state index in [9.17, 15) is 34.8 Å². The highest BCUT2D eigenvalue weighted by Crippen LogP contribution is 2.74. The van der Waals surface area contributed by atoms with E-state index in [-0.39, 0.29) is 30.5 Å². The van der Waals surface area contributed by atoms with Gasteiger partial charge < -0.3 is 25.2 Å². The van der Waals surface area contributed by atoms with Gasteiger partial charge in [0.2, 0.25) is 0 Å². The van der Waals surface area contributed by atoms with Crippen molar-refractivity contribution in [2.45, 2.75) is 118 Å². The minimum atomic E-state index is -1.98. The van der Waals surface area contributed by atoms with Crippen molar-refractivity contribution in [2.75, 3.05) is 0 Å². The number of rotatable bonds is 5. The predicted octanol–water partition coefficient (Wildman–Crippen LogP) is 3.29. The molecule has 4 N–H and O–H groups in total. The Hall–Kier alpha value is -1.87. The summed E-state index contributed by atoms with van der Waals surface area (Å²) in [6.07, 6.45) is 3.10. The smallest absolute Gasteiger partial charge is 0.303 e. The highest BCUT2D eigenvalue weighted by atomic mass is 16.6. The average Bonchev–Trinajstić information content (AvgIpc) is 3.01. The number of hydrogen-bond acceptors (Lipinski definition) is 8. The van der Waals surface area contributed by atoms with Gasteiger partial charge in [-0.3, -0.25) is 14.4 Å². The summed E-state index contributed by atoms with van der Waals surface area (Å²) in [5.74, 6) is -2.48. The number of hydrogen-bond donors (Lipinski definition) is 4. The van der Waals surface area contributed by atoms with E-state index >= 15 is 0 Å². The molecule has 0 aromatic carbocycles. The largest absolute Gasteiger partial charge is 0.456 e. The Morgan fingerprint density at radius 1 is 1.02 bits per heavy atom. The summed E-state index contributed by atoms with van der Waals surface area (Å²) in [6, 6.07) is 0. The molecule has 4 rings (SSSR count). The van der Waals surface area contributed by atoms with Crippen LogP contribution in [0, 0.1) is 39.4 Å². The zero-order valence-electron chi connectivity index (χ0n) is 25.4. The Kier molecular flexibility index (Phi) is 7.24. The number of aliphatic hydroxyl groups excluding tert-OH is 3. The lowest BCUT2D eigenvalue weighted by molar-refractivity contribution is -0.186. The summed E-state index contributed by atoms with van der Waals surface area (Å²) in [5, 5.41) is 44.9. The molecule has 3 fully saturated rings. The molecule has 10 atom stereocenters. The second-order valence-electron chi connectivity index (χ2n) is 15.0. The van der Waals surface area contributed by atoms with Crippen molar-refractivity contribution >= 4 is 17.5 Å². The fourth-order valence-electron chi connectivity index (χ4n) is 9.55. The second kappa shape index (κ2) is 9.32. The molecule has 40 heavy (non-hydrogen) atoms. The third-order valence-corrected chi connectivity index (χ3v) is 11.8. The molecular weight excluding hydrogens is 512 g/mol. The molecule has 0 aromatic heterocycles. The van der Waals surface area contributed by atoms with Crippen molar-refractivity contribution in [1.29, 1.82) is 0 Å². The summed E-state index contributed by atoms with van der Waals surface area (Å²) in [7, 11) is 0. The van der Waals surface area contributed by atoms with Crippen molar-refractivity contribution in [3.63, 3.8) is 0 Å². The van der Waals surface area contributed by atoms with Gasteiger partial charge >= 0.3 is 5.97 Å². The number of ketones is 2. The normalized spacial score (nSPS) is 44.2. The molecule has 0 heterocycles. The molecule has 4 unspecified atom stereocenters. The molecule has 8 heteroatoms. The topological polar surface area (TPSA) is 141 Å². The van der Waals surface area contributed by atoms with Crippen LogP contribution < -0.4 is 0 Å². The van der Waals surface area contributed by atoms with E-state index in [0.717, 1.165) is 5.57 Å². The minimum absolute atomic E-state index is 0.00125. The van der Waals surface area contributed by atoms with Crippen LogP contribution in [0.2, 0.25) is 0 Å². The number of allylic oxidation sites excluding steroid dienone is 1. The maximum atomic E-state index is 14.3. The monoisotopic (exact) mass is 560 g/mol. The molecule has 3 saturated carbocycles. The fourth-order valence-corrected chi connectivity index (χ4v) is 9.55. The van der Waals surface area contributed by atoms with Crippen LogP contribution in [0.5, 0.6) is 0 Å². The first-order chi connectivity index (χ1) is 18.1. The first-order valence-electron chi connectivity index (χ1n) is 14.5. The Balaban J connectivity index is 1.74. The van der Waals surface area contributed by atoms with E-state index in [4.69, 9.17) is 4.74 Å². The van der Waals surface area contributed by atoms with E-state index in [1.165, 1.54) is 26.0 Å². The molecule has 0 saturated heterocycles. The lowest BCUT2D eigenvalue weighted by Crippen LogP contribution is -2.65. The van der Waals surface area contributed by atoms with E-state index in [0.29, 0.717) is 12.8 Å². The molecule has 0 radical (unpaired) electrons. The lowest BCUT2D eigenvalue weighted by atomic mass is 9.38. The summed E-state index contributed by atoms with van der Waals surface area (Å²) in [6.45, 7) is 15.7. The molecule has 224 valence electrons. The highest BCUT2D eigenvalue weighted by molar-refractivity contribution is 5.97. The molecule has 4 aliphatic rings. The first kappa shape index (κ1) is 31.1. The van der Waals surface area contributed by atoms with Gasteiger partial charge in [-0.05, 0) is 74.9 Å². The van der Waals surface area contributed by atoms with Gasteiger partial charge in [-0.15, -0.1) is 0 Å². The summed E-state index contributed by atoms with van der Waals surface area (Å²) in [5.41, 5.74) is -5.04. The number of aliphatic hydroxyl groups is 4. The Labute approximate surface area is 237 Å². The average molecular weight is 561 g/mol. The third kappa shape index (κ3) is 4.19. The van der Waals surface area contributed by atoms with Gasteiger partial charge in [0.05, 0.1) is 18.3 Å². The highest BCUT2D eigenvalue weighted by Gasteiger charge is 2.74. The van der Waals surface area contributed by atoms with Crippen LogP contribution in [0.25, 0.3) is 0 Å². The van der Waals surface area contributed by atoms with Gasteiger partial charge in [0.15, 0.2) is 5.78 Å². The van der Waals surface area contributed by atoms with Crippen molar-refractivity contribution in [1.82, 2.24) is 0 Å². The van der Waals surface area contributed by atoms with Gasteiger partial charge in [-0.25, -0.2) is 0 Å². The number of carbonyl (C=O) groups excluding carboxylic acids is 3. The van der Waals surface area contributed by atoms with E-state index in [1.807, 2.05) is 27.7 Å². The first-order valence-corrected chi connectivity index (χ1v) is 14.5.